The first-order valence-electron chi connectivity index (χ1n) is 7.65. The Morgan fingerprint density at radius 2 is 1.91 bits per heavy atom. The number of nitrogens with zero attached hydrogens (tertiary/aromatic N) is 1. The van der Waals surface area contributed by atoms with Gasteiger partial charge in [-0.15, -0.1) is 0 Å². The molecular weight excluding hydrogens is 294 g/mol. The maximum Gasteiger partial charge on any atom is 0.314 e. The number of aliphatic carboxylic acids is 1. The van der Waals surface area contributed by atoms with E-state index in [2.05, 4.69) is 4.98 Å². The van der Waals surface area contributed by atoms with E-state index in [1.807, 2.05) is 42.5 Å². The van der Waals surface area contributed by atoms with Crippen LogP contribution in [-0.2, 0) is 21.6 Å². The van der Waals surface area contributed by atoms with Crippen molar-refractivity contribution in [2.75, 3.05) is 13.2 Å². The van der Waals surface area contributed by atoms with Crippen molar-refractivity contribution >= 4 is 5.97 Å². The van der Waals surface area contributed by atoms with E-state index in [1.54, 1.807) is 6.20 Å². The number of hydrogen-bond acceptors (Lipinski definition) is 4. The highest BCUT2D eigenvalue weighted by Gasteiger charge is 2.41. The van der Waals surface area contributed by atoms with Crippen LogP contribution < -0.4 is 4.74 Å². The summed E-state index contributed by atoms with van der Waals surface area (Å²) >= 11 is 0. The molecule has 2 aromatic rings. The number of hydrogen-bond donors (Lipinski definition) is 1. The number of pyridine rings is 1. The molecule has 1 aliphatic heterocycles. The topological polar surface area (TPSA) is 68.7 Å². The van der Waals surface area contributed by atoms with Crippen LogP contribution in [0.5, 0.6) is 5.75 Å². The molecule has 0 amide bonds. The highest BCUT2D eigenvalue weighted by atomic mass is 16.5. The first kappa shape index (κ1) is 15.5. The summed E-state index contributed by atoms with van der Waals surface area (Å²) in [4.78, 5) is 16.0. The van der Waals surface area contributed by atoms with Crippen molar-refractivity contribution < 1.29 is 19.4 Å². The molecule has 1 N–H and O–H groups in total. The number of rotatable bonds is 5. The molecule has 0 atom stereocenters. The van der Waals surface area contributed by atoms with Crippen molar-refractivity contribution in [3.63, 3.8) is 0 Å². The molecule has 2 heterocycles. The van der Waals surface area contributed by atoms with E-state index in [9.17, 15) is 9.90 Å². The lowest BCUT2D eigenvalue weighted by atomic mass is 9.74. The number of aromatic nitrogens is 1. The minimum absolute atomic E-state index is 0.387. The number of carboxylic acid groups (broad SMARTS) is 1. The molecule has 3 rings (SSSR count). The average molecular weight is 313 g/mol. The van der Waals surface area contributed by atoms with Gasteiger partial charge in [-0.1, -0.05) is 18.2 Å². The quantitative estimate of drug-likeness (QED) is 0.919. The molecule has 120 valence electrons. The molecule has 1 saturated heterocycles. The Hall–Kier alpha value is -2.40. The van der Waals surface area contributed by atoms with Gasteiger partial charge in [0.25, 0.3) is 0 Å². The lowest BCUT2D eigenvalue weighted by molar-refractivity contribution is -0.147. The zero-order chi connectivity index (χ0) is 16.1. The van der Waals surface area contributed by atoms with Crippen molar-refractivity contribution in [2.45, 2.75) is 24.9 Å². The van der Waals surface area contributed by atoms with Crippen molar-refractivity contribution in [2.24, 2.45) is 0 Å². The number of carboxylic acids is 1. The van der Waals surface area contributed by atoms with Gasteiger partial charge in [0.1, 0.15) is 12.4 Å². The zero-order valence-corrected chi connectivity index (χ0v) is 12.8. The van der Waals surface area contributed by atoms with Gasteiger partial charge in [-0.2, -0.15) is 0 Å². The van der Waals surface area contributed by atoms with E-state index in [1.165, 1.54) is 0 Å². The Balaban J connectivity index is 1.72. The molecule has 5 heteroatoms. The van der Waals surface area contributed by atoms with E-state index < -0.39 is 11.4 Å². The van der Waals surface area contributed by atoms with Crippen LogP contribution in [0.15, 0.2) is 48.7 Å². The standard InChI is InChI=1S/C18H19NO4/c20-17(21)18(8-11-22-12-9-18)14-4-6-16(7-5-14)23-13-15-3-1-2-10-19-15/h1-7,10H,8-9,11-13H2,(H,20,21). The second kappa shape index (κ2) is 6.79. The zero-order valence-electron chi connectivity index (χ0n) is 12.8. The van der Waals surface area contributed by atoms with Crippen molar-refractivity contribution in [1.82, 2.24) is 4.98 Å². The SMILES string of the molecule is O=C(O)C1(c2ccc(OCc3ccccn3)cc2)CCOCC1. The van der Waals surface area contributed by atoms with Crippen LogP contribution in [0.3, 0.4) is 0 Å². The lowest BCUT2D eigenvalue weighted by Gasteiger charge is -2.33. The summed E-state index contributed by atoms with van der Waals surface area (Å²) < 4.78 is 11.0. The summed E-state index contributed by atoms with van der Waals surface area (Å²) in [5, 5.41) is 9.67. The summed E-state index contributed by atoms with van der Waals surface area (Å²) in [5.41, 5.74) is 0.805. The Labute approximate surface area is 134 Å². The Bertz CT molecular complexity index is 648. The highest BCUT2D eigenvalue weighted by Crippen LogP contribution is 2.36. The van der Waals surface area contributed by atoms with Crippen LogP contribution in [-0.4, -0.2) is 29.3 Å². The molecule has 0 spiro atoms. The summed E-state index contributed by atoms with van der Waals surface area (Å²) in [6.07, 6.45) is 2.72. The predicted octanol–water partition coefficient (Wildman–Crippen LogP) is 2.79. The van der Waals surface area contributed by atoms with E-state index in [-0.39, 0.29) is 0 Å². The first-order valence-corrected chi connectivity index (χ1v) is 7.65. The summed E-state index contributed by atoms with van der Waals surface area (Å²) in [6.45, 7) is 1.34. The van der Waals surface area contributed by atoms with E-state index in [4.69, 9.17) is 9.47 Å². The largest absolute Gasteiger partial charge is 0.487 e. The monoisotopic (exact) mass is 313 g/mol. The van der Waals surface area contributed by atoms with Gasteiger partial charge in [0.05, 0.1) is 11.1 Å². The van der Waals surface area contributed by atoms with Crippen molar-refractivity contribution in [3.8, 4) is 5.75 Å². The maximum atomic E-state index is 11.8. The fraction of sp³-hybridized carbons (Fsp3) is 0.333. The van der Waals surface area contributed by atoms with Crippen LogP contribution in [0.2, 0.25) is 0 Å². The third-order valence-corrected chi connectivity index (χ3v) is 4.28. The van der Waals surface area contributed by atoms with Crippen LogP contribution in [0.1, 0.15) is 24.1 Å². The molecule has 0 bridgehead atoms. The van der Waals surface area contributed by atoms with Gasteiger partial charge in [0.15, 0.2) is 0 Å². The third kappa shape index (κ3) is 3.35. The molecule has 23 heavy (non-hydrogen) atoms. The molecule has 5 nitrogen and oxygen atoms in total. The predicted molar refractivity (Wildman–Crippen MR) is 84.4 cm³/mol. The van der Waals surface area contributed by atoms with Gasteiger partial charge in [0.2, 0.25) is 0 Å². The van der Waals surface area contributed by atoms with Crippen LogP contribution in [0, 0.1) is 0 Å². The number of ether oxygens (including phenoxy) is 2. The molecular formula is C18H19NO4. The van der Waals surface area contributed by atoms with Gasteiger partial charge in [-0.05, 0) is 42.7 Å². The molecule has 0 saturated carbocycles. The maximum absolute atomic E-state index is 11.8. The Morgan fingerprint density at radius 1 is 1.17 bits per heavy atom. The summed E-state index contributed by atoms with van der Waals surface area (Å²) in [6, 6.07) is 13.0. The molecule has 1 fully saturated rings. The number of carbonyl (C=O) groups is 1. The fourth-order valence-electron chi connectivity index (χ4n) is 2.86. The second-order valence-electron chi connectivity index (χ2n) is 5.63. The van der Waals surface area contributed by atoms with Crippen LogP contribution >= 0.6 is 0 Å². The molecule has 1 aromatic heterocycles. The van der Waals surface area contributed by atoms with E-state index in [0.29, 0.717) is 38.4 Å². The first-order chi connectivity index (χ1) is 11.2. The van der Waals surface area contributed by atoms with Gasteiger partial charge < -0.3 is 14.6 Å². The van der Waals surface area contributed by atoms with Crippen LogP contribution in [0.25, 0.3) is 0 Å². The highest BCUT2D eigenvalue weighted by molar-refractivity contribution is 5.81. The molecule has 1 aliphatic rings. The van der Waals surface area contributed by atoms with Gasteiger partial charge in [-0.3, -0.25) is 9.78 Å². The van der Waals surface area contributed by atoms with Gasteiger partial charge in [-0.25, -0.2) is 0 Å². The third-order valence-electron chi connectivity index (χ3n) is 4.28. The van der Waals surface area contributed by atoms with E-state index in [0.717, 1.165) is 11.3 Å². The minimum atomic E-state index is -0.849. The number of benzene rings is 1. The summed E-state index contributed by atoms with van der Waals surface area (Å²) in [5.74, 6) is -0.0880. The smallest absolute Gasteiger partial charge is 0.314 e. The van der Waals surface area contributed by atoms with E-state index >= 15 is 0 Å². The average Bonchev–Trinajstić information content (AvgIpc) is 2.62. The lowest BCUT2D eigenvalue weighted by Crippen LogP contribution is -2.41. The Kier molecular flexibility index (Phi) is 4.57. The molecule has 0 aliphatic carbocycles. The fourth-order valence-corrected chi connectivity index (χ4v) is 2.86. The summed E-state index contributed by atoms with van der Waals surface area (Å²) in [7, 11) is 0. The minimum Gasteiger partial charge on any atom is -0.487 e. The van der Waals surface area contributed by atoms with Crippen molar-refractivity contribution in [3.05, 3.63) is 59.9 Å². The second-order valence-corrected chi connectivity index (χ2v) is 5.63. The van der Waals surface area contributed by atoms with Gasteiger partial charge >= 0.3 is 5.97 Å². The van der Waals surface area contributed by atoms with Crippen LogP contribution in [0.4, 0.5) is 0 Å². The molecule has 0 radical (unpaired) electrons. The van der Waals surface area contributed by atoms with Gasteiger partial charge in [0, 0.05) is 19.4 Å². The molecule has 1 aromatic carbocycles. The normalized spacial score (nSPS) is 16.7. The Morgan fingerprint density at radius 3 is 2.52 bits per heavy atom. The van der Waals surface area contributed by atoms with Crippen molar-refractivity contribution in [1.29, 1.82) is 0 Å². The molecule has 0 unspecified atom stereocenters.